The fourth-order valence-corrected chi connectivity index (χ4v) is 2.25. The van der Waals surface area contributed by atoms with E-state index in [-0.39, 0.29) is 0 Å². The summed E-state index contributed by atoms with van der Waals surface area (Å²) in [5, 5.41) is 1.18. The lowest BCUT2D eigenvalue weighted by Gasteiger charge is -2.17. The van der Waals surface area contributed by atoms with Gasteiger partial charge in [0.25, 0.3) is 0 Å². The lowest BCUT2D eigenvalue weighted by Crippen LogP contribution is -2.25. The van der Waals surface area contributed by atoms with Crippen LogP contribution in [0.25, 0.3) is 0 Å². The number of likely N-dealkylation sites (tertiary alicyclic amines) is 1. The van der Waals surface area contributed by atoms with Crippen molar-refractivity contribution in [1.82, 2.24) is 4.90 Å². The molecule has 0 spiro atoms. The summed E-state index contributed by atoms with van der Waals surface area (Å²) in [5.41, 5.74) is 0. The first-order chi connectivity index (χ1) is 5.22. The predicted octanol–water partition coefficient (Wildman–Crippen LogP) is 2.36. The minimum atomic E-state index is 0.823. The molecule has 1 heterocycles. The van der Waals surface area contributed by atoms with Crippen LogP contribution in [0.2, 0.25) is 0 Å². The summed E-state index contributed by atoms with van der Waals surface area (Å²) < 4.78 is 0. The first kappa shape index (κ1) is 9.53. The van der Waals surface area contributed by atoms with Gasteiger partial charge in [-0.1, -0.05) is 29.8 Å². The van der Waals surface area contributed by atoms with E-state index >= 15 is 0 Å². The first-order valence-corrected chi connectivity index (χ1v) is 5.63. The molecule has 1 atom stereocenters. The van der Waals surface area contributed by atoms with Crippen LogP contribution >= 0.6 is 15.9 Å². The van der Waals surface area contributed by atoms with Crippen molar-refractivity contribution in [2.45, 2.75) is 20.3 Å². The number of hydrogen-bond acceptors (Lipinski definition) is 1. The summed E-state index contributed by atoms with van der Waals surface area (Å²) in [6.07, 6.45) is 1.39. The first-order valence-electron chi connectivity index (χ1n) is 4.50. The third kappa shape index (κ3) is 3.12. The Morgan fingerprint density at radius 2 is 2.27 bits per heavy atom. The zero-order valence-corrected chi connectivity index (χ0v) is 9.10. The van der Waals surface area contributed by atoms with Crippen molar-refractivity contribution in [3.05, 3.63) is 0 Å². The molecule has 11 heavy (non-hydrogen) atoms. The minimum absolute atomic E-state index is 0.823. The Labute approximate surface area is 78.3 Å². The van der Waals surface area contributed by atoms with Crippen molar-refractivity contribution in [3.8, 4) is 0 Å². The number of halogens is 1. The van der Waals surface area contributed by atoms with E-state index in [1.807, 2.05) is 0 Å². The van der Waals surface area contributed by atoms with E-state index in [0.29, 0.717) is 0 Å². The number of nitrogens with zero attached hydrogens (tertiary/aromatic N) is 1. The van der Waals surface area contributed by atoms with Crippen molar-refractivity contribution >= 4 is 15.9 Å². The second-order valence-corrected chi connectivity index (χ2v) is 4.61. The standard InChI is InChI=1S/C9H18BrN/c1-8(2)6-11-4-3-9(5-10)7-11/h8-9H,3-7H2,1-2H3/t9-/m0/s1. The fraction of sp³-hybridized carbons (Fsp3) is 1.00. The van der Waals surface area contributed by atoms with E-state index in [2.05, 4.69) is 34.7 Å². The zero-order valence-electron chi connectivity index (χ0n) is 7.52. The molecule has 0 bridgehead atoms. The Bertz CT molecular complexity index is 114. The topological polar surface area (TPSA) is 3.24 Å². The van der Waals surface area contributed by atoms with Crippen LogP contribution in [0.5, 0.6) is 0 Å². The average molecular weight is 220 g/mol. The summed E-state index contributed by atoms with van der Waals surface area (Å²) in [7, 11) is 0. The maximum Gasteiger partial charge on any atom is 0.00723 e. The Hall–Kier alpha value is 0.440. The highest BCUT2D eigenvalue weighted by atomic mass is 79.9. The Morgan fingerprint density at radius 3 is 2.73 bits per heavy atom. The van der Waals surface area contributed by atoms with Gasteiger partial charge in [-0.3, -0.25) is 0 Å². The fourth-order valence-electron chi connectivity index (χ4n) is 1.72. The third-order valence-electron chi connectivity index (χ3n) is 2.21. The van der Waals surface area contributed by atoms with Crippen molar-refractivity contribution in [2.24, 2.45) is 11.8 Å². The minimum Gasteiger partial charge on any atom is -0.303 e. The molecule has 66 valence electrons. The Balaban J connectivity index is 2.19. The van der Waals surface area contributed by atoms with Gasteiger partial charge in [0.1, 0.15) is 0 Å². The molecule has 0 amide bonds. The van der Waals surface area contributed by atoms with Gasteiger partial charge in [-0.05, 0) is 24.8 Å². The molecule has 0 saturated carbocycles. The summed E-state index contributed by atoms with van der Waals surface area (Å²) in [6.45, 7) is 8.49. The van der Waals surface area contributed by atoms with E-state index in [9.17, 15) is 0 Å². The number of alkyl halides is 1. The van der Waals surface area contributed by atoms with Crippen molar-refractivity contribution in [2.75, 3.05) is 25.0 Å². The molecule has 1 rings (SSSR count). The smallest absolute Gasteiger partial charge is 0.00723 e. The van der Waals surface area contributed by atoms with Gasteiger partial charge < -0.3 is 4.90 Å². The SMILES string of the molecule is CC(C)CN1CC[C@@H](CBr)C1. The molecular weight excluding hydrogens is 202 g/mol. The molecule has 1 nitrogen and oxygen atoms in total. The van der Waals surface area contributed by atoms with E-state index in [0.717, 1.165) is 11.8 Å². The Kier molecular flexibility index (Phi) is 3.86. The lowest BCUT2D eigenvalue weighted by atomic mass is 10.2. The molecule has 1 saturated heterocycles. The van der Waals surface area contributed by atoms with Crippen LogP contribution in [0.4, 0.5) is 0 Å². The van der Waals surface area contributed by atoms with E-state index in [1.54, 1.807) is 0 Å². The van der Waals surface area contributed by atoms with Crippen LogP contribution in [0.3, 0.4) is 0 Å². The molecule has 0 aromatic carbocycles. The van der Waals surface area contributed by atoms with Crippen molar-refractivity contribution in [1.29, 1.82) is 0 Å². The van der Waals surface area contributed by atoms with Crippen LogP contribution in [0.15, 0.2) is 0 Å². The second kappa shape index (κ2) is 4.46. The highest BCUT2D eigenvalue weighted by Crippen LogP contribution is 2.18. The van der Waals surface area contributed by atoms with Gasteiger partial charge in [0, 0.05) is 18.4 Å². The molecule has 1 fully saturated rings. The van der Waals surface area contributed by atoms with Crippen molar-refractivity contribution in [3.63, 3.8) is 0 Å². The molecule has 0 aromatic heterocycles. The molecule has 0 N–H and O–H groups in total. The second-order valence-electron chi connectivity index (χ2n) is 3.96. The summed E-state index contributed by atoms with van der Waals surface area (Å²) in [5.74, 6) is 1.73. The summed E-state index contributed by atoms with van der Waals surface area (Å²) >= 11 is 3.54. The van der Waals surface area contributed by atoms with Gasteiger partial charge >= 0.3 is 0 Å². The molecule has 0 aliphatic carbocycles. The van der Waals surface area contributed by atoms with Gasteiger partial charge in [-0.25, -0.2) is 0 Å². The van der Waals surface area contributed by atoms with E-state index < -0.39 is 0 Å². The van der Waals surface area contributed by atoms with E-state index in [4.69, 9.17) is 0 Å². The van der Waals surface area contributed by atoms with Crippen LogP contribution in [-0.2, 0) is 0 Å². The van der Waals surface area contributed by atoms with Crippen LogP contribution in [0, 0.1) is 11.8 Å². The molecule has 0 radical (unpaired) electrons. The molecule has 2 heteroatoms. The maximum atomic E-state index is 3.54. The maximum absolute atomic E-state index is 3.54. The quantitative estimate of drug-likeness (QED) is 0.660. The van der Waals surface area contributed by atoms with Gasteiger partial charge in [0.05, 0.1) is 0 Å². The van der Waals surface area contributed by atoms with E-state index in [1.165, 1.54) is 31.4 Å². The van der Waals surface area contributed by atoms with Crippen LogP contribution in [-0.4, -0.2) is 29.9 Å². The number of hydrogen-bond donors (Lipinski definition) is 0. The number of rotatable bonds is 3. The average Bonchev–Trinajstić information content (AvgIpc) is 2.34. The van der Waals surface area contributed by atoms with Gasteiger partial charge in [0.2, 0.25) is 0 Å². The van der Waals surface area contributed by atoms with Gasteiger partial charge in [-0.15, -0.1) is 0 Å². The highest BCUT2D eigenvalue weighted by molar-refractivity contribution is 9.09. The van der Waals surface area contributed by atoms with Gasteiger partial charge in [-0.2, -0.15) is 0 Å². The molecule has 1 aliphatic rings. The lowest BCUT2D eigenvalue weighted by molar-refractivity contribution is 0.290. The predicted molar refractivity (Wildman–Crippen MR) is 53.2 cm³/mol. The zero-order chi connectivity index (χ0) is 8.27. The van der Waals surface area contributed by atoms with Crippen molar-refractivity contribution < 1.29 is 0 Å². The normalized spacial score (nSPS) is 26.7. The molecular formula is C9H18BrN. The third-order valence-corrected chi connectivity index (χ3v) is 3.13. The summed E-state index contributed by atoms with van der Waals surface area (Å²) in [4.78, 5) is 2.58. The largest absolute Gasteiger partial charge is 0.303 e. The van der Waals surface area contributed by atoms with Crippen LogP contribution in [0.1, 0.15) is 20.3 Å². The Morgan fingerprint density at radius 1 is 1.55 bits per heavy atom. The highest BCUT2D eigenvalue weighted by Gasteiger charge is 2.21. The van der Waals surface area contributed by atoms with Gasteiger partial charge in [0.15, 0.2) is 0 Å². The monoisotopic (exact) mass is 219 g/mol. The van der Waals surface area contributed by atoms with Crippen LogP contribution < -0.4 is 0 Å². The molecule has 0 aromatic rings. The molecule has 1 aliphatic heterocycles. The summed E-state index contributed by atoms with van der Waals surface area (Å²) in [6, 6.07) is 0. The molecule has 0 unspecified atom stereocenters.